The fraction of sp³-hybridized carbons (Fsp3) is 0.111. The summed E-state index contributed by atoms with van der Waals surface area (Å²) < 4.78 is 13.3. The summed E-state index contributed by atoms with van der Waals surface area (Å²) in [4.78, 5) is 9.59. The second-order valence-corrected chi connectivity index (χ2v) is 8.05. The van der Waals surface area contributed by atoms with Crippen molar-refractivity contribution in [2.75, 3.05) is 14.2 Å². The maximum atomic E-state index is 6.07. The van der Waals surface area contributed by atoms with Gasteiger partial charge in [-0.25, -0.2) is 9.98 Å². The fourth-order valence-corrected chi connectivity index (χ4v) is 4.17. The number of halogens is 1. The van der Waals surface area contributed by atoms with Gasteiger partial charge < -0.3 is 14.0 Å². The zero-order valence-electron chi connectivity index (χ0n) is 18.3. The molecule has 5 aromatic rings. The Kier molecular flexibility index (Phi) is 5.71. The summed E-state index contributed by atoms with van der Waals surface area (Å²) in [5.41, 5.74) is 3.97. The number of para-hydroxylation sites is 2. The molecule has 0 aliphatic carbocycles. The zero-order valence-corrected chi connectivity index (χ0v) is 19.1. The Morgan fingerprint density at radius 3 is 2.45 bits per heavy atom. The van der Waals surface area contributed by atoms with Crippen molar-refractivity contribution in [1.29, 1.82) is 0 Å². The summed E-state index contributed by atoms with van der Waals surface area (Å²) in [7, 11) is 3.34. The highest BCUT2D eigenvalue weighted by atomic mass is 35.5. The Hall–Kier alpha value is -3.83. The Morgan fingerprint density at radius 1 is 0.879 bits per heavy atom. The molecule has 33 heavy (non-hydrogen) atoms. The number of benzene rings is 4. The molecular formula is C27H22ClN3O2. The molecule has 0 fully saturated rings. The molecule has 0 amide bonds. The molecule has 0 saturated heterocycles. The van der Waals surface area contributed by atoms with Gasteiger partial charge in [-0.15, -0.1) is 0 Å². The van der Waals surface area contributed by atoms with Crippen molar-refractivity contribution in [2.24, 2.45) is 4.99 Å². The van der Waals surface area contributed by atoms with E-state index in [2.05, 4.69) is 10.6 Å². The number of fused-ring (bicyclic) bond motifs is 2. The summed E-state index contributed by atoms with van der Waals surface area (Å²) in [6.07, 6.45) is 1.84. The molecule has 0 N–H and O–H groups in total. The van der Waals surface area contributed by atoms with Gasteiger partial charge in [0.1, 0.15) is 11.5 Å². The highest BCUT2D eigenvalue weighted by Crippen LogP contribution is 2.34. The van der Waals surface area contributed by atoms with Crippen LogP contribution in [0.2, 0.25) is 5.02 Å². The number of nitrogens with zero attached hydrogens (tertiary/aromatic N) is 3. The average Bonchev–Trinajstić information content (AvgIpc) is 3.20. The minimum absolute atomic E-state index is 0.630. The Balaban J connectivity index is 1.62. The van der Waals surface area contributed by atoms with E-state index < -0.39 is 0 Å². The van der Waals surface area contributed by atoms with Crippen LogP contribution < -0.4 is 9.47 Å². The lowest BCUT2D eigenvalue weighted by Gasteiger charge is -2.11. The molecule has 5 nitrogen and oxygen atoms in total. The molecule has 164 valence electrons. The topological polar surface area (TPSA) is 48.6 Å². The normalized spacial score (nSPS) is 11.5. The van der Waals surface area contributed by atoms with Gasteiger partial charge in [0.2, 0.25) is 5.95 Å². The summed E-state index contributed by atoms with van der Waals surface area (Å²) in [5.74, 6) is 2.18. The maximum Gasteiger partial charge on any atom is 0.230 e. The van der Waals surface area contributed by atoms with Crippen LogP contribution in [0.1, 0.15) is 11.1 Å². The van der Waals surface area contributed by atoms with Gasteiger partial charge >= 0.3 is 0 Å². The Morgan fingerprint density at radius 2 is 1.67 bits per heavy atom. The van der Waals surface area contributed by atoms with E-state index in [4.69, 9.17) is 31.1 Å². The van der Waals surface area contributed by atoms with Crippen LogP contribution in [0, 0.1) is 0 Å². The van der Waals surface area contributed by atoms with Crippen LogP contribution in [0.4, 0.5) is 5.95 Å². The predicted octanol–water partition coefficient (Wildman–Crippen LogP) is 6.66. The number of hydrogen-bond acceptors (Lipinski definition) is 4. The average molecular weight is 456 g/mol. The molecule has 1 heterocycles. The highest BCUT2D eigenvalue weighted by molar-refractivity contribution is 6.30. The van der Waals surface area contributed by atoms with E-state index in [1.807, 2.05) is 79.0 Å². The first-order chi connectivity index (χ1) is 16.2. The standard InChI is InChI=1S/C27H22ClN3O2/c1-32-24-15-12-19(26-21(24)6-5-9-25(26)33-2)16-29-27-30-22-7-3-4-8-23(22)31(27)17-18-10-13-20(28)14-11-18/h3-16H,17H2,1-2H3/b29-16+. The van der Waals surface area contributed by atoms with Crippen LogP contribution in [-0.4, -0.2) is 30.0 Å². The van der Waals surface area contributed by atoms with Crippen molar-refractivity contribution in [3.63, 3.8) is 0 Å². The van der Waals surface area contributed by atoms with Gasteiger partial charge in [-0.05, 0) is 48.0 Å². The van der Waals surface area contributed by atoms with Crippen molar-refractivity contribution in [2.45, 2.75) is 6.54 Å². The number of ether oxygens (including phenoxy) is 2. The summed E-state index contributed by atoms with van der Waals surface area (Å²) >= 11 is 6.07. The van der Waals surface area contributed by atoms with Gasteiger partial charge in [0.05, 0.1) is 31.8 Å². The molecular weight excluding hydrogens is 434 g/mol. The third-order valence-electron chi connectivity index (χ3n) is 5.64. The second-order valence-electron chi connectivity index (χ2n) is 7.61. The Labute approximate surface area is 196 Å². The molecule has 0 aliphatic rings. The fourth-order valence-electron chi connectivity index (χ4n) is 4.05. The van der Waals surface area contributed by atoms with Gasteiger partial charge in [-0.3, -0.25) is 0 Å². The first-order valence-electron chi connectivity index (χ1n) is 10.6. The molecule has 0 spiro atoms. The first kappa shape index (κ1) is 21.0. The molecule has 4 aromatic carbocycles. The molecule has 0 saturated carbocycles. The van der Waals surface area contributed by atoms with Crippen molar-refractivity contribution < 1.29 is 9.47 Å². The lowest BCUT2D eigenvalue weighted by Crippen LogP contribution is -1.99. The third-order valence-corrected chi connectivity index (χ3v) is 5.89. The molecule has 6 heteroatoms. The molecule has 1 aromatic heterocycles. The predicted molar refractivity (Wildman–Crippen MR) is 135 cm³/mol. The van der Waals surface area contributed by atoms with Crippen LogP contribution in [-0.2, 0) is 6.54 Å². The summed E-state index contributed by atoms with van der Waals surface area (Å²) in [6, 6.07) is 25.7. The van der Waals surface area contributed by atoms with Crippen LogP contribution in [0.15, 0.2) is 83.9 Å². The smallest absolute Gasteiger partial charge is 0.230 e. The number of rotatable bonds is 6. The van der Waals surface area contributed by atoms with Crippen molar-refractivity contribution in [3.8, 4) is 11.5 Å². The van der Waals surface area contributed by atoms with Crippen LogP contribution in [0.5, 0.6) is 11.5 Å². The number of hydrogen-bond donors (Lipinski definition) is 0. The van der Waals surface area contributed by atoms with E-state index in [1.54, 1.807) is 14.2 Å². The quantitative estimate of drug-likeness (QED) is 0.269. The number of aliphatic imine (C=N–C) groups is 1. The van der Waals surface area contributed by atoms with Gasteiger partial charge in [-0.1, -0.05) is 48.0 Å². The lowest BCUT2D eigenvalue weighted by molar-refractivity contribution is 0.415. The summed E-state index contributed by atoms with van der Waals surface area (Å²) in [6.45, 7) is 0.636. The molecule has 0 radical (unpaired) electrons. The lowest BCUT2D eigenvalue weighted by atomic mass is 10.0. The third kappa shape index (κ3) is 4.03. The van der Waals surface area contributed by atoms with Gasteiger partial charge in [0, 0.05) is 27.6 Å². The maximum absolute atomic E-state index is 6.07. The highest BCUT2D eigenvalue weighted by Gasteiger charge is 2.13. The Bertz CT molecular complexity index is 1470. The first-order valence-corrected chi connectivity index (χ1v) is 10.9. The molecule has 0 unspecified atom stereocenters. The van der Waals surface area contributed by atoms with E-state index in [0.717, 1.165) is 44.4 Å². The molecule has 0 bridgehead atoms. The van der Waals surface area contributed by atoms with Gasteiger partial charge in [0.25, 0.3) is 0 Å². The largest absolute Gasteiger partial charge is 0.496 e. The van der Waals surface area contributed by atoms with E-state index in [9.17, 15) is 0 Å². The number of aromatic nitrogens is 2. The van der Waals surface area contributed by atoms with Gasteiger partial charge in [-0.2, -0.15) is 0 Å². The molecule has 5 rings (SSSR count). The number of imidazole rings is 1. The van der Waals surface area contributed by atoms with Crippen molar-refractivity contribution in [1.82, 2.24) is 9.55 Å². The van der Waals surface area contributed by atoms with Crippen LogP contribution in [0.25, 0.3) is 21.8 Å². The van der Waals surface area contributed by atoms with Gasteiger partial charge in [0.15, 0.2) is 0 Å². The monoisotopic (exact) mass is 455 g/mol. The van der Waals surface area contributed by atoms with Crippen LogP contribution >= 0.6 is 11.6 Å². The SMILES string of the molecule is COc1ccc(/C=N/c2nc3ccccc3n2Cc2ccc(Cl)cc2)c2c(OC)cccc12. The van der Waals surface area contributed by atoms with E-state index in [0.29, 0.717) is 17.5 Å². The van der Waals surface area contributed by atoms with E-state index in [1.165, 1.54) is 0 Å². The van der Waals surface area contributed by atoms with Crippen molar-refractivity contribution in [3.05, 3.63) is 95.0 Å². The second kappa shape index (κ2) is 8.96. The zero-order chi connectivity index (χ0) is 22.8. The van der Waals surface area contributed by atoms with Crippen LogP contribution in [0.3, 0.4) is 0 Å². The summed E-state index contributed by atoms with van der Waals surface area (Å²) in [5, 5.41) is 2.63. The number of methoxy groups -OCH3 is 2. The van der Waals surface area contributed by atoms with E-state index >= 15 is 0 Å². The molecule has 0 atom stereocenters. The van der Waals surface area contributed by atoms with E-state index in [-0.39, 0.29) is 0 Å². The molecule has 0 aliphatic heterocycles. The van der Waals surface area contributed by atoms with Crippen molar-refractivity contribution >= 4 is 45.6 Å². The minimum atomic E-state index is 0.630. The minimum Gasteiger partial charge on any atom is -0.496 e.